The maximum atomic E-state index is 12.9. The third-order valence-corrected chi connectivity index (χ3v) is 14.7. The van der Waals surface area contributed by atoms with Gasteiger partial charge in [0.05, 0.1) is 0 Å². The minimum Gasteiger partial charge on any atom is -0.462 e. The molecule has 0 N–H and O–H groups in total. The minimum absolute atomic E-state index is 0.0861. The molecule has 6 heteroatoms. The van der Waals surface area contributed by atoms with Crippen molar-refractivity contribution in [3.63, 3.8) is 0 Å². The van der Waals surface area contributed by atoms with Gasteiger partial charge in [-0.3, -0.25) is 14.4 Å². The van der Waals surface area contributed by atoms with Gasteiger partial charge in [-0.2, -0.15) is 0 Å². The molecule has 0 bridgehead atoms. The molecule has 0 aromatic carbocycles. The molecule has 0 aliphatic rings. The van der Waals surface area contributed by atoms with Gasteiger partial charge in [0.2, 0.25) is 0 Å². The summed E-state index contributed by atoms with van der Waals surface area (Å²) >= 11 is 0. The number of carbonyl (C=O) groups excluding carboxylic acids is 3. The first-order valence-corrected chi connectivity index (χ1v) is 34.4. The van der Waals surface area contributed by atoms with Gasteiger partial charge in [-0.05, 0) is 122 Å². The van der Waals surface area contributed by atoms with Gasteiger partial charge in [-0.15, -0.1) is 0 Å². The van der Waals surface area contributed by atoms with Gasteiger partial charge in [-0.1, -0.05) is 297 Å². The normalized spacial score (nSPS) is 12.8. The number of hydrogen-bond donors (Lipinski definition) is 0. The van der Waals surface area contributed by atoms with Crippen LogP contribution in [0, 0.1) is 0 Å². The number of rotatable bonds is 62. The highest BCUT2D eigenvalue weighted by atomic mass is 16.6. The zero-order valence-electron chi connectivity index (χ0n) is 53.3. The molecule has 0 heterocycles. The molecule has 1 unspecified atom stereocenters. The van der Waals surface area contributed by atoms with Gasteiger partial charge < -0.3 is 14.2 Å². The number of hydrogen-bond acceptors (Lipinski definition) is 6. The van der Waals surface area contributed by atoms with Crippen LogP contribution in [0.3, 0.4) is 0 Å². The maximum absolute atomic E-state index is 12.9. The molecule has 0 radical (unpaired) electrons. The largest absolute Gasteiger partial charge is 0.462 e. The van der Waals surface area contributed by atoms with E-state index in [1.807, 2.05) is 0 Å². The molecule has 0 rings (SSSR count). The van der Waals surface area contributed by atoms with E-state index >= 15 is 0 Å². The van der Waals surface area contributed by atoms with E-state index in [0.29, 0.717) is 19.3 Å². The molecule has 0 aromatic heterocycles. The third kappa shape index (κ3) is 66.8. The summed E-state index contributed by atoms with van der Waals surface area (Å²) in [7, 11) is 0. The van der Waals surface area contributed by atoms with Gasteiger partial charge >= 0.3 is 17.9 Å². The molecule has 0 spiro atoms. The fourth-order valence-electron chi connectivity index (χ4n) is 9.60. The number of unbranched alkanes of at least 4 members (excludes halogenated alkanes) is 33. The molecule has 0 saturated carbocycles. The maximum Gasteiger partial charge on any atom is 0.306 e. The summed E-state index contributed by atoms with van der Waals surface area (Å²) in [5.41, 5.74) is 0. The van der Waals surface area contributed by atoms with Crippen molar-refractivity contribution in [3.05, 3.63) is 109 Å². The Hall–Kier alpha value is -3.93. The number of carbonyl (C=O) groups is 3. The lowest BCUT2D eigenvalue weighted by Gasteiger charge is -2.18. The van der Waals surface area contributed by atoms with Crippen molar-refractivity contribution < 1.29 is 28.6 Å². The predicted molar refractivity (Wildman–Crippen MR) is 353 cm³/mol. The van der Waals surface area contributed by atoms with E-state index in [0.717, 1.165) is 141 Å². The second-order valence-electron chi connectivity index (χ2n) is 22.7. The Labute approximate surface area is 501 Å². The van der Waals surface area contributed by atoms with Crippen molar-refractivity contribution in [1.82, 2.24) is 0 Å². The molecular weight excluding hydrogens is 997 g/mol. The molecule has 0 saturated heterocycles. The first-order valence-electron chi connectivity index (χ1n) is 34.4. The second kappa shape index (κ2) is 68.6. The van der Waals surface area contributed by atoms with Crippen molar-refractivity contribution in [2.45, 2.75) is 335 Å². The van der Waals surface area contributed by atoms with E-state index < -0.39 is 6.10 Å². The lowest BCUT2D eigenvalue weighted by Crippen LogP contribution is -2.30. The van der Waals surface area contributed by atoms with Crippen LogP contribution in [0.2, 0.25) is 0 Å². The highest BCUT2D eigenvalue weighted by molar-refractivity contribution is 5.71. The first-order chi connectivity index (χ1) is 40.0. The van der Waals surface area contributed by atoms with E-state index in [9.17, 15) is 14.4 Å². The second-order valence-corrected chi connectivity index (χ2v) is 22.7. The first kappa shape index (κ1) is 77.1. The SMILES string of the molecule is CC/C=C\C/C=C\C/C=C\C/C=C\CCCCCCCCCCCCCCCCCCCCC(=O)OCC(COC(=O)CCCCCCC/C=C\C/C=C\CCC)OC(=O)CCCCCCCC/C=C\C/C=C\C/C=C\CCCCC. The van der Waals surface area contributed by atoms with Gasteiger partial charge in [0.25, 0.3) is 0 Å². The zero-order valence-corrected chi connectivity index (χ0v) is 53.3. The summed E-state index contributed by atoms with van der Waals surface area (Å²) in [5.74, 6) is -0.902. The summed E-state index contributed by atoms with van der Waals surface area (Å²) in [6.07, 6.45) is 94.0. The van der Waals surface area contributed by atoms with Crippen LogP contribution in [0.15, 0.2) is 109 Å². The van der Waals surface area contributed by atoms with E-state index in [4.69, 9.17) is 14.2 Å². The Kier molecular flexibility index (Phi) is 65.2. The van der Waals surface area contributed by atoms with E-state index in [-0.39, 0.29) is 31.1 Å². The van der Waals surface area contributed by atoms with Crippen LogP contribution >= 0.6 is 0 Å². The smallest absolute Gasteiger partial charge is 0.306 e. The Morgan fingerprint density at radius 2 is 0.506 bits per heavy atom. The van der Waals surface area contributed by atoms with E-state index in [1.54, 1.807) is 0 Å². The quantitative estimate of drug-likeness (QED) is 0.0261. The Morgan fingerprint density at radius 1 is 0.259 bits per heavy atom. The van der Waals surface area contributed by atoms with E-state index in [1.165, 1.54) is 148 Å². The van der Waals surface area contributed by atoms with Crippen LogP contribution in [-0.4, -0.2) is 37.2 Å². The number of esters is 3. The van der Waals surface area contributed by atoms with Crippen LogP contribution < -0.4 is 0 Å². The zero-order chi connectivity index (χ0) is 58.5. The molecular formula is C75H128O6. The monoisotopic (exact) mass is 1120 g/mol. The van der Waals surface area contributed by atoms with Crippen molar-refractivity contribution in [3.8, 4) is 0 Å². The summed E-state index contributed by atoms with van der Waals surface area (Å²) in [6, 6.07) is 0. The lowest BCUT2D eigenvalue weighted by atomic mass is 10.0. The molecule has 0 aliphatic heterocycles. The molecule has 464 valence electrons. The van der Waals surface area contributed by atoms with Crippen molar-refractivity contribution >= 4 is 17.9 Å². The van der Waals surface area contributed by atoms with Crippen molar-refractivity contribution in [2.75, 3.05) is 13.2 Å². The standard InChI is InChI=1S/C75H128O6/c1-4-7-10-13-16-19-22-25-27-29-31-32-33-34-35-36-37-38-39-40-41-42-44-45-47-50-53-56-59-62-65-68-74(77)80-71-72(70-79-73(76)67-64-61-58-55-52-49-24-21-18-15-12-9-6-3)81-75(78)69-66-63-60-57-54-51-48-46-43-30-28-26-23-20-17-14-11-8-5-2/h7,10,12,15-17,19-21,24-28,31-32,43,46,72H,4-6,8-9,11,13-14,18,22-23,29-30,33-42,44-45,47-71H2,1-3H3/b10-7-,15-12-,19-16-,20-17-,24-21-,27-25-,28-26-,32-31-,46-43-. The average Bonchev–Trinajstić information content (AvgIpc) is 3.46. The summed E-state index contributed by atoms with van der Waals surface area (Å²) in [5, 5.41) is 0. The van der Waals surface area contributed by atoms with Crippen LogP contribution in [0.5, 0.6) is 0 Å². The Bertz CT molecular complexity index is 1620. The molecule has 1 atom stereocenters. The Morgan fingerprint density at radius 3 is 0.802 bits per heavy atom. The molecule has 0 aromatic rings. The van der Waals surface area contributed by atoms with Crippen LogP contribution in [0.4, 0.5) is 0 Å². The van der Waals surface area contributed by atoms with E-state index in [2.05, 4.69) is 130 Å². The highest BCUT2D eigenvalue weighted by Crippen LogP contribution is 2.17. The molecule has 6 nitrogen and oxygen atoms in total. The average molecular weight is 1130 g/mol. The number of ether oxygens (including phenoxy) is 3. The highest BCUT2D eigenvalue weighted by Gasteiger charge is 2.19. The minimum atomic E-state index is -0.792. The van der Waals surface area contributed by atoms with Crippen LogP contribution in [0.1, 0.15) is 329 Å². The van der Waals surface area contributed by atoms with Crippen LogP contribution in [0.25, 0.3) is 0 Å². The van der Waals surface area contributed by atoms with Gasteiger partial charge in [0.1, 0.15) is 13.2 Å². The van der Waals surface area contributed by atoms with Crippen LogP contribution in [-0.2, 0) is 28.6 Å². The van der Waals surface area contributed by atoms with Crippen molar-refractivity contribution in [1.29, 1.82) is 0 Å². The van der Waals surface area contributed by atoms with Crippen molar-refractivity contribution in [2.24, 2.45) is 0 Å². The molecule has 0 aliphatic carbocycles. The topological polar surface area (TPSA) is 78.9 Å². The molecule has 0 fully saturated rings. The van der Waals surface area contributed by atoms with Gasteiger partial charge in [0.15, 0.2) is 6.10 Å². The fraction of sp³-hybridized carbons (Fsp3) is 0.720. The van der Waals surface area contributed by atoms with Gasteiger partial charge in [-0.25, -0.2) is 0 Å². The van der Waals surface area contributed by atoms with Gasteiger partial charge in [0, 0.05) is 19.3 Å². The Balaban J connectivity index is 4.23. The molecule has 81 heavy (non-hydrogen) atoms. The summed E-state index contributed by atoms with van der Waals surface area (Å²) in [6.45, 7) is 6.44. The lowest BCUT2D eigenvalue weighted by molar-refractivity contribution is -0.167. The summed E-state index contributed by atoms with van der Waals surface area (Å²) < 4.78 is 16.9. The molecule has 0 amide bonds. The summed E-state index contributed by atoms with van der Waals surface area (Å²) in [4.78, 5) is 38.4. The fourth-order valence-corrected chi connectivity index (χ4v) is 9.60. The predicted octanol–water partition coefficient (Wildman–Crippen LogP) is 23.8. The number of allylic oxidation sites excluding steroid dienone is 18. The third-order valence-electron chi connectivity index (χ3n) is 14.7.